The number of alkyl halides is 3. The van der Waals surface area contributed by atoms with Crippen molar-refractivity contribution in [3.05, 3.63) is 68.5 Å². The highest BCUT2D eigenvalue weighted by atomic mass is 79.9. The molecule has 0 radical (unpaired) electrons. The second-order valence-electron chi connectivity index (χ2n) is 5.46. The zero-order chi connectivity index (χ0) is 18.9. The minimum absolute atomic E-state index is 0.0132. The summed E-state index contributed by atoms with van der Waals surface area (Å²) in [5, 5.41) is 9.49. The molecule has 0 atom stereocenters. The van der Waals surface area contributed by atoms with Crippen LogP contribution in [0, 0.1) is 0 Å². The van der Waals surface area contributed by atoms with E-state index < -0.39 is 17.6 Å². The molecule has 3 aromatic rings. The quantitative estimate of drug-likeness (QED) is 0.668. The van der Waals surface area contributed by atoms with Gasteiger partial charge in [0.15, 0.2) is 0 Å². The maximum Gasteiger partial charge on any atom is 0.417 e. The molecule has 0 saturated heterocycles. The Balaban J connectivity index is 1.85. The van der Waals surface area contributed by atoms with Crippen LogP contribution in [0.25, 0.3) is 10.8 Å². The van der Waals surface area contributed by atoms with Gasteiger partial charge in [0.2, 0.25) is 5.91 Å². The third kappa shape index (κ3) is 3.77. The molecule has 0 bridgehead atoms. The molecule has 0 aliphatic carbocycles. The largest absolute Gasteiger partial charge is 0.417 e. The Labute approximate surface area is 153 Å². The number of anilines is 1. The lowest BCUT2D eigenvalue weighted by atomic mass is 10.1. The summed E-state index contributed by atoms with van der Waals surface area (Å²) in [6.45, 7) is 0. The van der Waals surface area contributed by atoms with Gasteiger partial charge in [0.05, 0.1) is 23.1 Å². The van der Waals surface area contributed by atoms with Crippen LogP contribution in [0.1, 0.15) is 11.3 Å². The van der Waals surface area contributed by atoms with Gasteiger partial charge in [-0.25, -0.2) is 5.10 Å². The van der Waals surface area contributed by atoms with Crippen LogP contribution < -0.4 is 10.9 Å². The molecular formula is C17H11BrF3N3O2. The molecule has 134 valence electrons. The van der Waals surface area contributed by atoms with Gasteiger partial charge in [0, 0.05) is 15.5 Å². The summed E-state index contributed by atoms with van der Waals surface area (Å²) in [5.41, 5.74) is -0.930. The maximum atomic E-state index is 12.9. The minimum atomic E-state index is -4.55. The van der Waals surface area contributed by atoms with Crippen molar-refractivity contribution >= 4 is 38.3 Å². The van der Waals surface area contributed by atoms with Crippen molar-refractivity contribution in [2.24, 2.45) is 0 Å². The summed E-state index contributed by atoms with van der Waals surface area (Å²) in [6, 6.07) is 10.1. The second-order valence-corrected chi connectivity index (χ2v) is 6.32. The van der Waals surface area contributed by atoms with E-state index in [1.54, 1.807) is 24.3 Å². The van der Waals surface area contributed by atoms with E-state index in [4.69, 9.17) is 0 Å². The number of rotatable bonds is 3. The first-order chi connectivity index (χ1) is 12.3. The second kappa shape index (κ2) is 6.91. The Morgan fingerprint density at radius 1 is 1.15 bits per heavy atom. The van der Waals surface area contributed by atoms with Crippen LogP contribution in [0.3, 0.4) is 0 Å². The van der Waals surface area contributed by atoms with E-state index in [0.717, 1.165) is 6.07 Å². The smallest absolute Gasteiger partial charge is 0.326 e. The number of amides is 1. The van der Waals surface area contributed by atoms with Crippen LogP contribution >= 0.6 is 15.9 Å². The van der Waals surface area contributed by atoms with E-state index in [1.165, 1.54) is 12.1 Å². The number of fused-ring (bicyclic) bond motifs is 1. The highest BCUT2D eigenvalue weighted by molar-refractivity contribution is 9.10. The fraction of sp³-hybridized carbons (Fsp3) is 0.118. The number of nitrogens with one attached hydrogen (secondary N) is 2. The molecule has 1 aromatic heterocycles. The fourth-order valence-corrected chi connectivity index (χ4v) is 2.96. The van der Waals surface area contributed by atoms with Crippen LogP contribution in [-0.2, 0) is 17.4 Å². The summed E-state index contributed by atoms with van der Waals surface area (Å²) in [7, 11) is 0. The third-order valence-electron chi connectivity index (χ3n) is 3.66. The highest BCUT2D eigenvalue weighted by Gasteiger charge is 2.33. The monoisotopic (exact) mass is 425 g/mol. The number of benzene rings is 2. The predicted molar refractivity (Wildman–Crippen MR) is 93.8 cm³/mol. The SMILES string of the molecule is O=C(Cc1n[nH]c(=O)c2ccccc12)Nc1ccc(Br)c(C(F)(F)F)c1. The van der Waals surface area contributed by atoms with Crippen LogP contribution in [0.5, 0.6) is 0 Å². The number of nitrogens with zero attached hydrogens (tertiary/aromatic N) is 1. The van der Waals surface area contributed by atoms with E-state index in [0.29, 0.717) is 16.5 Å². The molecule has 0 saturated carbocycles. The van der Waals surface area contributed by atoms with Crippen LogP contribution in [0.2, 0.25) is 0 Å². The number of aromatic amines is 1. The molecule has 0 aliphatic heterocycles. The highest BCUT2D eigenvalue weighted by Crippen LogP contribution is 2.36. The topological polar surface area (TPSA) is 74.8 Å². The first-order valence-corrected chi connectivity index (χ1v) is 8.18. The Hall–Kier alpha value is -2.68. The molecule has 1 amide bonds. The van der Waals surface area contributed by atoms with E-state index in [-0.39, 0.29) is 22.1 Å². The number of aromatic nitrogens is 2. The molecule has 3 rings (SSSR count). The molecule has 5 nitrogen and oxygen atoms in total. The first-order valence-electron chi connectivity index (χ1n) is 7.38. The van der Waals surface area contributed by atoms with Gasteiger partial charge in [-0.05, 0) is 24.3 Å². The third-order valence-corrected chi connectivity index (χ3v) is 4.35. The van der Waals surface area contributed by atoms with Gasteiger partial charge in [-0.2, -0.15) is 18.3 Å². The fourth-order valence-electron chi connectivity index (χ4n) is 2.48. The normalized spacial score (nSPS) is 11.5. The summed E-state index contributed by atoms with van der Waals surface area (Å²) in [6.07, 6.45) is -4.75. The number of halogens is 4. The lowest BCUT2D eigenvalue weighted by Crippen LogP contribution is -2.19. The molecule has 0 aliphatic rings. The van der Waals surface area contributed by atoms with Crippen molar-refractivity contribution in [3.8, 4) is 0 Å². The number of hydrogen-bond donors (Lipinski definition) is 2. The summed E-state index contributed by atoms with van der Waals surface area (Å²) in [5.74, 6) is -0.551. The number of H-pyrrole nitrogens is 1. The molecule has 2 aromatic carbocycles. The summed E-state index contributed by atoms with van der Waals surface area (Å²) in [4.78, 5) is 24.0. The standard InChI is InChI=1S/C17H11BrF3N3O2/c18-13-6-5-9(7-12(13)17(19,20)21)22-15(25)8-14-10-3-1-2-4-11(10)16(26)24-23-14/h1-7H,8H2,(H,22,25)(H,24,26). The predicted octanol–water partition coefficient (Wildman–Crippen LogP) is 3.89. The molecule has 9 heteroatoms. The molecule has 0 unspecified atom stereocenters. The van der Waals surface area contributed by atoms with Gasteiger partial charge < -0.3 is 5.32 Å². The van der Waals surface area contributed by atoms with E-state index >= 15 is 0 Å². The Morgan fingerprint density at radius 3 is 2.54 bits per heavy atom. The van der Waals surface area contributed by atoms with Crippen LogP contribution in [-0.4, -0.2) is 16.1 Å². The average Bonchev–Trinajstić information content (AvgIpc) is 2.58. The number of carbonyl (C=O) groups excluding carboxylic acids is 1. The van der Waals surface area contributed by atoms with E-state index in [9.17, 15) is 22.8 Å². The van der Waals surface area contributed by atoms with Gasteiger partial charge in [-0.3, -0.25) is 9.59 Å². The molecule has 1 heterocycles. The van der Waals surface area contributed by atoms with Crippen molar-refractivity contribution in [1.82, 2.24) is 10.2 Å². The molecule has 26 heavy (non-hydrogen) atoms. The molecule has 2 N–H and O–H groups in total. The van der Waals surface area contributed by atoms with Crippen molar-refractivity contribution in [2.45, 2.75) is 12.6 Å². The van der Waals surface area contributed by atoms with E-state index in [1.807, 2.05) is 0 Å². The summed E-state index contributed by atoms with van der Waals surface area (Å²) < 4.78 is 38.7. The zero-order valence-corrected chi connectivity index (χ0v) is 14.6. The van der Waals surface area contributed by atoms with Gasteiger partial charge in [0.25, 0.3) is 5.56 Å². The Kier molecular flexibility index (Phi) is 4.82. The van der Waals surface area contributed by atoms with Gasteiger partial charge in [0.1, 0.15) is 0 Å². The number of carbonyl (C=O) groups is 1. The van der Waals surface area contributed by atoms with Crippen molar-refractivity contribution in [2.75, 3.05) is 5.32 Å². The zero-order valence-electron chi connectivity index (χ0n) is 13.0. The lowest BCUT2D eigenvalue weighted by Gasteiger charge is -2.12. The summed E-state index contributed by atoms with van der Waals surface area (Å²) >= 11 is 2.84. The van der Waals surface area contributed by atoms with E-state index in [2.05, 4.69) is 31.4 Å². The molecule has 0 fully saturated rings. The van der Waals surface area contributed by atoms with Crippen molar-refractivity contribution < 1.29 is 18.0 Å². The van der Waals surface area contributed by atoms with Gasteiger partial charge in [-0.1, -0.05) is 34.1 Å². The Morgan fingerprint density at radius 2 is 1.85 bits per heavy atom. The first kappa shape index (κ1) is 18.1. The average molecular weight is 426 g/mol. The van der Waals surface area contributed by atoms with Crippen molar-refractivity contribution in [3.63, 3.8) is 0 Å². The maximum absolute atomic E-state index is 12.9. The van der Waals surface area contributed by atoms with Gasteiger partial charge >= 0.3 is 6.18 Å². The minimum Gasteiger partial charge on any atom is -0.326 e. The molecular weight excluding hydrogens is 415 g/mol. The Bertz CT molecular complexity index is 1050. The van der Waals surface area contributed by atoms with Crippen LogP contribution in [0.4, 0.5) is 18.9 Å². The van der Waals surface area contributed by atoms with Gasteiger partial charge in [-0.15, -0.1) is 0 Å². The van der Waals surface area contributed by atoms with Crippen molar-refractivity contribution in [1.29, 1.82) is 0 Å². The van der Waals surface area contributed by atoms with Crippen LogP contribution in [0.15, 0.2) is 51.7 Å². The molecule has 0 spiro atoms. The number of hydrogen-bond acceptors (Lipinski definition) is 3. The lowest BCUT2D eigenvalue weighted by molar-refractivity contribution is -0.138.